The van der Waals surface area contributed by atoms with Crippen LogP contribution in [0, 0.1) is 0 Å². The molecule has 9 heteroatoms. The van der Waals surface area contributed by atoms with Crippen LogP contribution in [-0.2, 0) is 32.2 Å². The molecule has 2 amide bonds. The number of carbonyl (C=O) groups is 2. The predicted octanol–water partition coefficient (Wildman–Crippen LogP) is 6.91. The van der Waals surface area contributed by atoms with Crippen LogP contribution < -0.4 is 16.4 Å². The Morgan fingerprint density at radius 1 is 0.900 bits per heavy atom. The molecule has 4 aromatic carbocycles. The summed E-state index contributed by atoms with van der Waals surface area (Å²) in [6.07, 6.45) is 3.74. The first kappa shape index (κ1) is 36.5. The number of hydrogen-bond acceptors (Lipinski definition) is 7. The Kier molecular flexibility index (Phi) is 13.3. The van der Waals surface area contributed by atoms with Gasteiger partial charge in [-0.1, -0.05) is 91.0 Å². The molecule has 50 heavy (non-hydrogen) atoms. The Hall–Kier alpha value is -4.80. The number of aliphatic hydroxyl groups is 1. The number of amides is 2. The lowest BCUT2D eigenvalue weighted by Gasteiger charge is -2.37. The summed E-state index contributed by atoms with van der Waals surface area (Å²) in [6.45, 7) is 5.77. The molecule has 0 saturated carbocycles. The fourth-order valence-electron chi connectivity index (χ4n) is 6.13. The van der Waals surface area contributed by atoms with Crippen molar-refractivity contribution in [3.05, 3.63) is 132 Å². The van der Waals surface area contributed by atoms with Crippen molar-refractivity contribution in [3.8, 4) is 11.1 Å². The van der Waals surface area contributed by atoms with Gasteiger partial charge in [-0.25, -0.2) is 0 Å². The molecule has 1 heterocycles. The molecular formula is C41H48N4O5. The highest BCUT2D eigenvalue weighted by Gasteiger charge is 2.32. The van der Waals surface area contributed by atoms with E-state index in [4.69, 9.17) is 15.2 Å². The summed E-state index contributed by atoms with van der Waals surface area (Å²) in [4.78, 5) is 27.1. The average Bonchev–Trinajstić information content (AvgIpc) is 3.13. The Balaban J connectivity index is 1.17. The first-order valence-electron chi connectivity index (χ1n) is 17.2. The third-order valence-corrected chi connectivity index (χ3v) is 8.85. The lowest BCUT2D eigenvalue weighted by Crippen LogP contribution is -2.37. The molecule has 262 valence electrons. The van der Waals surface area contributed by atoms with E-state index in [1.54, 1.807) is 12.1 Å². The Morgan fingerprint density at radius 3 is 2.30 bits per heavy atom. The number of likely N-dealkylation sites (N-methyl/N-ethyl adjacent to an activating group) is 1. The number of hydrogen-bond donors (Lipinski definition) is 4. The molecule has 9 nitrogen and oxygen atoms in total. The number of benzene rings is 4. The summed E-state index contributed by atoms with van der Waals surface area (Å²) < 4.78 is 13.0. The number of aliphatic hydroxyl groups excluding tert-OH is 1. The summed E-state index contributed by atoms with van der Waals surface area (Å²) >= 11 is 0. The van der Waals surface area contributed by atoms with Crippen LogP contribution in [-0.4, -0.2) is 48.1 Å². The highest BCUT2D eigenvalue weighted by Crippen LogP contribution is 2.38. The number of nitrogens with zero attached hydrogens (tertiary/aromatic N) is 1. The molecule has 0 aliphatic carbocycles. The van der Waals surface area contributed by atoms with Gasteiger partial charge in [0.15, 0.2) is 6.29 Å². The van der Waals surface area contributed by atoms with Gasteiger partial charge in [0.25, 0.3) is 0 Å². The van der Waals surface area contributed by atoms with Crippen LogP contribution in [0.4, 0.5) is 11.4 Å². The second-order valence-corrected chi connectivity index (χ2v) is 12.8. The predicted molar refractivity (Wildman–Crippen MR) is 198 cm³/mol. The number of rotatable bonds is 16. The molecule has 1 fully saturated rings. The quantitative estimate of drug-likeness (QED) is 0.0578. The maximum absolute atomic E-state index is 12.7. The van der Waals surface area contributed by atoms with E-state index in [0.29, 0.717) is 50.0 Å². The second kappa shape index (κ2) is 18.3. The summed E-state index contributed by atoms with van der Waals surface area (Å²) in [5.74, 6) is -0.169. The van der Waals surface area contributed by atoms with E-state index < -0.39 is 6.29 Å². The molecule has 1 saturated heterocycles. The van der Waals surface area contributed by atoms with Crippen molar-refractivity contribution in [2.45, 2.75) is 63.8 Å². The van der Waals surface area contributed by atoms with Gasteiger partial charge in [0.2, 0.25) is 11.8 Å². The minimum Gasteiger partial charge on any atom is -0.397 e. The van der Waals surface area contributed by atoms with E-state index in [-0.39, 0.29) is 30.6 Å². The number of ether oxygens (including phenoxy) is 2. The molecule has 5 rings (SSSR count). The van der Waals surface area contributed by atoms with Crippen molar-refractivity contribution < 1.29 is 24.2 Å². The van der Waals surface area contributed by atoms with E-state index in [9.17, 15) is 14.7 Å². The topological polar surface area (TPSA) is 126 Å². The lowest BCUT2D eigenvalue weighted by atomic mass is 9.97. The maximum atomic E-state index is 12.7. The molecule has 0 aromatic heterocycles. The standard InChI is InChI=1S/C41H48N4O5/c1-3-24-45(2)27-34-25-38(31-18-16-29(28-46)17-19-31)50-41(49-34)32-22-20-30(21-23-32)35-11-5-4-10-33(35)26-43-39(47)14-8-9-15-40(48)44-37-13-7-6-12-36(37)42/h3-7,10-13,16-23,34,38,41,46H,1,8-9,14-15,24-28,42H2,2H3,(H,43,47)(H,44,48). The van der Waals surface area contributed by atoms with Crippen LogP contribution in [0.25, 0.3) is 11.1 Å². The molecule has 1 aliphatic heterocycles. The summed E-state index contributed by atoms with van der Waals surface area (Å²) in [5, 5.41) is 15.4. The van der Waals surface area contributed by atoms with E-state index in [1.807, 2.05) is 72.8 Å². The number of para-hydroxylation sites is 2. The number of nitrogens with two attached hydrogens (primary N) is 1. The fourth-order valence-corrected chi connectivity index (χ4v) is 6.13. The van der Waals surface area contributed by atoms with E-state index in [2.05, 4.69) is 47.4 Å². The molecule has 4 aromatic rings. The van der Waals surface area contributed by atoms with Crippen molar-refractivity contribution >= 4 is 23.2 Å². The van der Waals surface area contributed by atoms with Gasteiger partial charge in [-0.05, 0) is 59.8 Å². The highest BCUT2D eigenvalue weighted by atomic mass is 16.7. The lowest BCUT2D eigenvalue weighted by molar-refractivity contribution is -0.252. The molecule has 0 bridgehead atoms. The summed E-state index contributed by atoms with van der Waals surface area (Å²) in [5.41, 5.74) is 12.9. The smallest absolute Gasteiger partial charge is 0.224 e. The van der Waals surface area contributed by atoms with Crippen molar-refractivity contribution in [2.75, 3.05) is 31.2 Å². The van der Waals surface area contributed by atoms with Gasteiger partial charge in [-0.2, -0.15) is 0 Å². The van der Waals surface area contributed by atoms with Crippen molar-refractivity contribution in [1.29, 1.82) is 0 Å². The minimum absolute atomic E-state index is 0.00233. The van der Waals surface area contributed by atoms with Crippen molar-refractivity contribution in [2.24, 2.45) is 0 Å². The van der Waals surface area contributed by atoms with Gasteiger partial charge in [0.1, 0.15) is 0 Å². The number of nitrogens with one attached hydrogen (secondary N) is 2. The zero-order valence-corrected chi connectivity index (χ0v) is 28.7. The van der Waals surface area contributed by atoms with Crippen molar-refractivity contribution in [3.63, 3.8) is 0 Å². The summed E-state index contributed by atoms with van der Waals surface area (Å²) in [6, 6.07) is 31.3. The van der Waals surface area contributed by atoms with E-state index in [0.717, 1.165) is 46.5 Å². The second-order valence-electron chi connectivity index (χ2n) is 12.8. The third-order valence-electron chi connectivity index (χ3n) is 8.85. The number of carbonyl (C=O) groups excluding carboxylic acids is 2. The van der Waals surface area contributed by atoms with Gasteiger partial charge in [0.05, 0.1) is 30.2 Å². The SMILES string of the molecule is C=CCN(C)CC1CC(c2ccc(CO)cc2)OC(c2ccc(-c3ccccc3CNC(=O)CCCCC(=O)Nc3ccccc3N)cc2)O1. The normalized spacial score (nSPS) is 17.3. The van der Waals surface area contributed by atoms with Crippen molar-refractivity contribution in [1.82, 2.24) is 10.2 Å². The summed E-state index contributed by atoms with van der Waals surface area (Å²) in [7, 11) is 2.06. The molecular weight excluding hydrogens is 628 g/mol. The van der Waals surface area contributed by atoms with E-state index >= 15 is 0 Å². The number of unbranched alkanes of at least 4 members (excludes halogenated alkanes) is 1. The van der Waals surface area contributed by atoms with Gasteiger partial charge in [0, 0.05) is 44.5 Å². The van der Waals surface area contributed by atoms with Gasteiger partial charge in [-0.3, -0.25) is 9.59 Å². The molecule has 1 aliphatic rings. The Labute approximate surface area is 295 Å². The first-order chi connectivity index (χ1) is 24.3. The van der Waals surface area contributed by atoms with Crippen LogP contribution in [0.2, 0.25) is 0 Å². The van der Waals surface area contributed by atoms with E-state index in [1.165, 1.54) is 0 Å². The van der Waals surface area contributed by atoms with Crippen LogP contribution in [0.1, 0.15) is 66.8 Å². The molecule has 5 N–H and O–H groups in total. The molecule has 0 radical (unpaired) electrons. The maximum Gasteiger partial charge on any atom is 0.224 e. The monoisotopic (exact) mass is 676 g/mol. The van der Waals surface area contributed by atoms with Gasteiger partial charge >= 0.3 is 0 Å². The van der Waals surface area contributed by atoms with Gasteiger partial charge < -0.3 is 35.8 Å². The Bertz CT molecular complexity index is 1710. The molecule has 3 unspecified atom stereocenters. The largest absolute Gasteiger partial charge is 0.397 e. The van der Waals surface area contributed by atoms with Crippen LogP contribution >= 0.6 is 0 Å². The zero-order chi connectivity index (χ0) is 35.3. The first-order valence-corrected chi connectivity index (χ1v) is 17.2. The van der Waals surface area contributed by atoms with Crippen LogP contribution in [0.5, 0.6) is 0 Å². The minimum atomic E-state index is -0.542. The number of anilines is 2. The highest BCUT2D eigenvalue weighted by molar-refractivity contribution is 5.93. The molecule has 0 spiro atoms. The van der Waals surface area contributed by atoms with Gasteiger partial charge in [-0.15, -0.1) is 6.58 Å². The molecule has 3 atom stereocenters. The average molecular weight is 677 g/mol. The fraction of sp³-hybridized carbons (Fsp3) is 0.317. The Morgan fingerprint density at radius 2 is 1.58 bits per heavy atom. The van der Waals surface area contributed by atoms with Crippen LogP contribution in [0.3, 0.4) is 0 Å². The number of nitrogen functional groups attached to an aromatic ring is 1. The third kappa shape index (κ3) is 10.4. The zero-order valence-electron chi connectivity index (χ0n) is 28.7. The van der Waals surface area contributed by atoms with Crippen LogP contribution in [0.15, 0.2) is 110 Å².